The van der Waals surface area contributed by atoms with Gasteiger partial charge in [0, 0.05) is 35.7 Å². The number of hydrogen-bond acceptors (Lipinski definition) is 7. The minimum Gasteiger partial charge on any atom is -0.351 e. The molecule has 1 saturated carbocycles. The lowest BCUT2D eigenvalue weighted by Gasteiger charge is -2.26. The minimum atomic E-state index is -3.60. The molecule has 0 bridgehead atoms. The number of anilines is 1. The number of rotatable bonds is 8. The van der Waals surface area contributed by atoms with Crippen molar-refractivity contribution < 1.29 is 8.42 Å². The molecule has 9 heteroatoms. The van der Waals surface area contributed by atoms with E-state index < -0.39 is 9.84 Å². The molecule has 0 spiro atoms. The predicted molar refractivity (Wildman–Crippen MR) is 141 cm³/mol. The van der Waals surface area contributed by atoms with Crippen molar-refractivity contribution in [3.8, 4) is 0 Å². The molecule has 0 saturated heterocycles. The fourth-order valence-electron chi connectivity index (χ4n) is 4.17. The topological polar surface area (TPSA) is 111 Å². The molecule has 0 atom stereocenters. The first-order valence-corrected chi connectivity index (χ1v) is 13.9. The van der Waals surface area contributed by atoms with Crippen LogP contribution in [0.25, 0.3) is 12.2 Å². The van der Waals surface area contributed by atoms with Crippen molar-refractivity contribution in [1.29, 1.82) is 0 Å². The molecule has 1 fully saturated rings. The normalized spacial score (nSPS) is 18.6. The van der Waals surface area contributed by atoms with Crippen LogP contribution in [0.2, 0.25) is 5.02 Å². The Morgan fingerprint density at radius 2 is 1.77 bits per heavy atom. The summed E-state index contributed by atoms with van der Waals surface area (Å²) in [5, 5.41) is 3.61. The number of pyridine rings is 1. The summed E-state index contributed by atoms with van der Waals surface area (Å²) in [6.07, 6.45) is 12.2. The highest BCUT2D eigenvalue weighted by Gasteiger charge is 2.20. The van der Waals surface area contributed by atoms with E-state index >= 15 is 0 Å². The summed E-state index contributed by atoms with van der Waals surface area (Å²) in [4.78, 5) is 13.6. The summed E-state index contributed by atoms with van der Waals surface area (Å²) in [6.45, 7) is 1.99. The highest BCUT2D eigenvalue weighted by molar-refractivity contribution is 7.90. The number of aromatic nitrogens is 3. The van der Waals surface area contributed by atoms with Crippen LogP contribution in [0.1, 0.15) is 55.1 Å². The van der Waals surface area contributed by atoms with Gasteiger partial charge in [-0.1, -0.05) is 48.9 Å². The van der Waals surface area contributed by atoms with Crippen LogP contribution in [-0.4, -0.2) is 35.5 Å². The summed E-state index contributed by atoms with van der Waals surface area (Å²) < 4.78 is 25.6. The van der Waals surface area contributed by atoms with Gasteiger partial charge in [0.15, 0.2) is 9.84 Å². The van der Waals surface area contributed by atoms with Crippen LogP contribution in [-0.2, 0) is 22.0 Å². The molecule has 1 aromatic carbocycles. The number of hydrogen-bond donors (Lipinski definition) is 2. The van der Waals surface area contributed by atoms with Crippen LogP contribution in [0.4, 0.5) is 5.95 Å². The van der Waals surface area contributed by atoms with E-state index in [0.29, 0.717) is 30.1 Å². The van der Waals surface area contributed by atoms with Crippen LogP contribution in [0, 0.1) is 0 Å². The predicted octanol–water partition coefficient (Wildman–Crippen LogP) is 4.91. The first-order chi connectivity index (χ1) is 16.8. The fraction of sp³-hybridized carbons (Fsp3) is 0.346. The Hall–Kier alpha value is -2.81. The number of nitrogens with one attached hydrogen (secondary N) is 1. The van der Waals surface area contributed by atoms with E-state index in [2.05, 4.69) is 20.3 Å². The van der Waals surface area contributed by atoms with Crippen molar-refractivity contribution in [2.45, 2.75) is 61.8 Å². The van der Waals surface area contributed by atoms with E-state index in [-0.39, 0.29) is 15.7 Å². The van der Waals surface area contributed by atoms with E-state index in [1.54, 1.807) is 36.7 Å². The quantitative estimate of drug-likeness (QED) is 0.441. The Morgan fingerprint density at radius 1 is 1.06 bits per heavy atom. The molecular weight excluding hydrogens is 482 g/mol. The van der Waals surface area contributed by atoms with Crippen molar-refractivity contribution in [1.82, 2.24) is 15.0 Å². The standard InChI is InChI=1S/C26H30ClN5O2S/c1-2-24-19(9-12-22(31-24)17-35(33,34)25-6-4-3-5-23(25)27)8-7-18-15-29-26(30-16-18)32-21-13-10-20(28)11-14-21/h3-9,12,15-16,20-21H,2,10-11,13-14,17,28H2,1H3,(H,29,30,32). The number of benzene rings is 1. The average molecular weight is 512 g/mol. The van der Waals surface area contributed by atoms with Gasteiger partial charge in [0.25, 0.3) is 0 Å². The average Bonchev–Trinajstić information content (AvgIpc) is 2.85. The van der Waals surface area contributed by atoms with Gasteiger partial charge in [0.05, 0.1) is 21.4 Å². The van der Waals surface area contributed by atoms with Crippen LogP contribution in [0.5, 0.6) is 0 Å². The van der Waals surface area contributed by atoms with Gasteiger partial charge in [0.2, 0.25) is 5.95 Å². The second kappa shape index (κ2) is 11.3. The zero-order valence-corrected chi connectivity index (χ0v) is 21.3. The molecule has 2 heterocycles. The van der Waals surface area contributed by atoms with E-state index in [4.69, 9.17) is 17.3 Å². The molecule has 4 rings (SSSR count). The summed E-state index contributed by atoms with van der Waals surface area (Å²) in [5.74, 6) is 0.422. The third kappa shape index (κ3) is 6.66. The van der Waals surface area contributed by atoms with Gasteiger partial charge in [0.1, 0.15) is 0 Å². The lowest BCUT2D eigenvalue weighted by molar-refractivity contribution is 0.410. The van der Waals surface area contributed by atoms with Crippen molar-refractivity contribution in [2.24, 2.45) is 5.73 Å². The van der Waals surface area contributed by atoms with Crippen molar-refractivity contribution in [3.63, 3.8) is 0 Å². The van der Waals surface area contributed by atoms with E-state index in [0.717, 1.165) is 42.5 Å². The lowest BCUT2D eigenvalue weighted by Crippen LogP contribution is -2.33. The first kappa shape index (κ1) is 25.3. The SMILES string of the molecule is CCc1nc(CS(=O)(=O)c2ccccc2Cl)ccc1C=Cc1cnc(NC2CCC(N)CC2)nc1. The molecule has 1 aliphatic carbocycles. The molecule has 35 heavy (non-hydrogen) atoms. The Labute approximate surface area is 211 Å². The van der Waals surface area contributed by atoms with Crippen LogP contribution in [0.3, 0.4) is 0 Å². The smallest absolute Gasteiger partial charge is 0.222 e. The first-order valence-electron chi connectivity index (χ1n) is 11.8. The molecule has 0 amide bonds. The molecule has 7 nitrogen and oxygen atoms in total. The summed E-state index contributed by atoms with van der Waals surface area (Å²) in [6, 6.07) is 10.8. The second-order valence-electron chi connectivity index (χ2n) is 8.81. The molecule has 3 N–H and O–H groups in total. The lowest BCUT2D eigenvalue weighted by atomic mass is 9.92. The summed E-state index contributed by atoms with van der Waals surface area (Å²) in [7, 11) is -3.60. The number of halogens is 1. The molecule has 184 valence electrons. The van der Waals surface area contributed by atoms with Gasteiger partial charge >= 0.3 is 0 Å². The Morgan fingerprint density at radius 3 is 2.46 bits per heavy atom. The van der Waals surface area contributed by atoms with Gasteiger partial charge in [-0.15, -0.1) is 0 Å². The third-order valence-corrected chi connectivity index (χ3v) is 8.29. The number of nitrogens with two attached hydrogens (primary N) is 1. The van der Waals surface area contributed by atoms with Crippen molar-refractivity contribution >= 4 is 39.5 Å². The largest absolute Gasteiger partial charge is 0.351 e. The Bertz CT molecular complexity index is 1290. The Kier molecular flexibility index (Phi) is 8.15. The van der Waals surface area contributed by atoms with Crippen molar-refractivity contribution in [3.05, 3.63) is 76.3 Å². The zero-order chi connectivity index (χ0) is 24.8. The molecule has 0 aliphatic heterocycles. The van der Waals surface area contributed by atoms with E-state index in [9.17, 15) is 8.42 Å². The van der Waals surface area contributed by atoms with E-state index in [1.807, 2.05) is 25.1 Å². The third-order valence-electron chi connectivity index (χ3n) is 6.14. The Balaban J connectivity index is 1.43. The highest BCUT2D eigenvalue weighted by Crippen LogP contribution is 2.25. The zero-order valence-electron chi connectivity index (χ0n) is 19.7. The van der Waals surface area contributed by atoms with Crippen molar-refractivity contribution in [2.75, 3.05) is 5.32 Å². The van der Waals surface area contributed by atoms with Gasteiger partial charge in [-0.25, -0.2) is 18.4 Å². The maximum atomic E-state index is 12.8. The summed E-state index contributed by atoms with van der Waals surface area (Å²) in [5.41, 5.74) is 9.08. The van der Waals surface area contributed by atoms with Crippen LogP contribution in [0.15, 0.2) is 53.7 Å². The molecule has 2 aromatic heterocycles. The molecule has 0 unspecified atom stereocenters. The van der Waals surface area contributed by atoms with Gasteiger partial charge in [-0.05, 0) is 55.9 Å². The van der Waals surface area contributed by atoms with Gasteiger partial charge in [-0.3, -0.25) is 4.98 Å². The van der Waals surface area contributed by atoms with Gasteiger partial charge in [-0.2, -0.15) is 0 Å². The molecule has 0 radical (unpaired) electrons. The highest BCUT2D eigenvalue weighted by atomic mass is 35.5. The second-order valence-corrected chi connectivity index (χ2v) is 11.2. The molecule has 1 aliphatic rings. The van der Waals surface area contributed by atoms with Crippen LogP contribution < -0.4 is 11.1 Å². The monoisotopic (exact) mass is 511 g/mol. The molecule has 3 aromatic rings. The van der Waals surface area contributed by atoms with E-state index in [1.165, 1.54) is 6.07 Å². The van der Waals surface area contributed by atoms with Gasteiger partial charge < -0.3 is 11.1 Å². The minimum absolute atomic E-state index is 0.121. The number of sulfone groups is 1. The van der Waals surface area contributed by atoms with Crippen LogP contribution >= 0.6 is 11.6 Å². The fourth-order valence-corrected chi connectivity index (χ4v) is 6.02. The maximum absolute atomic E-state index is 12.8. The summed E-state index contributed by atoms with van der Waals surface area (Å²) >= 11 is 6.09. The maximum Gasteiger partial charge on any atom is 0.222 e. The molecular formula is C26H30ClN5O2S. The number of nitrogens with zero attached hydrogens (tertiary/aromatic N) is 3. The number of aryl methyl sites for hydroxylation is 1.